The van der Waals surface area contributed by atoms with Gasteiger partial charge in [-0.15, -0.1) is 0 Å². The molecule has 0 radical (unpaired) electrons. The highest BCUT2D eigenvalue weighted by Crippen LogP contribution is 2.47. The standard InChI is InChI=1S/C43H25N5/c1-2-10-28(11-3-1)47-38-17-9-6-13-30(38)32-22-26(18-19-39(32)47)27-23-33-29-12-4-5-14-31(29)41-43(46-37-16-8-7-15-36(37)45-41)48-40-20-21-44-25-35(40)34(24-27)42(33)48/h1-25H. The average Bonchev–Trinajstić information content (AvgIpc) is 3.63. The molecule has 0 saturated heterocycles. The van der Waals surface area contributed by atoms with Gasteiger partial charge in [-0.1, -0.05) is 78.9 Å². The summed E-state index contributed by atoms with van der Waals surface area (Å²) in [5.41, 5.74) is 14.1. The SMILES string of the molecule is c1ccc(-n2c3ccccc3c3cc(-c4cc5c6c(c4)c4cnccc4n6-c4nc6ccccc6nc4-c4ccccc4-5)ccc32)cc1. The first kappa shape index (κ1) is 25.6. The summed E-state index contributed by atoms with van der Waals surface area (Å²) in [6.45, 7) is 0. The van der Waals surface area contributed by atoms with Crippen LogP contribution >= 0.6 is 0 Å². The summed E-state index contributed by atoms with van der Waals surface area (Å²) in [5, 5.41) is 4.71. The zero-order valence-electron chi connectivity index (χ0n) is 25.7. The number of para-hydroxylation sites is 4. The molecule has 0 unspecified atom stereocenters. The van der Waals surface area contributed by atoms with Crippen molar-refractivity contribution < 1.29 is 0 Å². The fraction of sp³-hybridized carbons (Fsp3) is 0. The fourth-order valence-corrected chi connectivity index (χ4v) is 7.84. The summed E-state index contributed by atoms with van der Waals surface area (Å²) in [6, 6.07) is 49.7. The first-order chi connectivity index (χ1) is 23.8. The number of hydrogen-bond acceptors (Lipinski definition) is 3. The maximum Gasteiger partial charge on any atom is 0.165 e. The zero-order chi connectivity index (χ0) is 31.3. The van der Waals surface area contributed by atoms with Crippen LogP contribution in [-0.4, -0.2) is 24.1 Å². The molecule has 10 aromatic rings. The first-order valence-electron chi connectivity index (χ1n) is 16.2. The van der Waals surface area contributed by atoms with E-state index in [0.29, 0.717) is 0 Å². The van der Waals surface area contributed by atoms with Gasteiger partial charge in [-0.25, -0.2) is 9.97 Å². The van der Waals surface area contributed by atoms with E-state index >= 15 is 0 Å². The molecule has 0 spiro atoms. The van der Waals surface area contributed by atoms with E-state index in [0.717, 1.165) is 72.3 Å². The number of aromatic nitrogens is 5. The lowest BCUT2D eigenvalue weighted by Crippen LogP contribution is -2.02. The Morgan fingerprint density at radius 3 is 2.04 bits per heavy atom. The van der Waals surface area contributed by atoms with Crippen LogP contribution in [0.5, 0.6) is 0 Å². The van der Waals surface area contributed by atoms with E-state index in [4.69, 9.17) is 9.97 Å². The van der Waals surface area contributed by atoms with Crippen LogP contribution in [0.3, 0.4) is 0 Å². The maximum atomic E-state index is 5.27. The Bertz CT molecular complexity index is 2950. The Labute approximate surface area is 275 Å². The molecule has 0 bridgehead atoms. The summed E-state index contributed by atoms with van der Waals surface area (Å²) in [7, 11) is 0. The van der Waals surface area contributed by atoms with Crippen molar-refractivity contribution in [3.05, 3.63) is 152 Å². The van der Waals surface area contributed by atoms with Crippen LogP contribution in [0.25, 0.3) is 99.7 Å². The second-order valence-electron chi connectivity index (χ2n) is 12.5. The lowest BCUT2D eigenvalue weighted by Gasteiger charge is -2.12. The van der Waals surface area contributed by atoms with Gasteiger partial charge in [0.05, 0.1) is 33.1 Å². The lowest BCUT2D eigenvalue weighted by molar-refractivity contribution is 1.08. The molecule has 222 valence electrons. The third-order valence-electron chi connectivity index (χ3n) is 9.92. The second kappa shape index (κ2) is 9.47. The molecule has 5 nitrogen and oxygen atoms in total. The number of benzene rings is 6. The largest absolute Gasteiger partial charge is 0.309 e. The number of nitrogens with zero attached hydrogens (tertiary/aromatic N) is 5. The highest BCUT2D eigenvalue weighted by atomic mass is 15.1. The minimum Gasteiger partial charge on any atom is -0.309 e. The van der Waals surface area contributed by atoms with E-state index in [-0.39, 0.29) is 0 Å². The molecule has 0 fully saturated rings. The quantitative estimate of drug-likeness (QED) is 0.195. The topological polar surface area (TPSA) is 48.5 Å². The van der Waals surface area contributed by atoms with Gasteiger partial charge >= 0.3 is 0 Å². The molecule has 0 N–H and O–H groups in total. The maximum absolute atomic E-state index is 5.27. The van der Waals surface area contributed by atoms with E-state index < -0.39 is 0 Å². The number of hydrogen-bond donors (Lipinski definition) is 0. The van der Waals surface area contributed by atoms with Crippen LogP contribution in [0.2, 0.25) is 0 Å². The Morgan fingerprint density at radius 1 is 0.438 bits per heavy atom. The van der Waals surface area contributed by atoms with Crippen LogP contribution in [0, 0.1) is 0 Å². The Hall–Kier alpha value is -6.59. The van der Waals surface area contributed by atoms with Gasteiger partial charge in [0.15, 0.2) is 5.82 Å². The van der Waals surface area contributed by atoms with Crippen molar-refractivity contribution in [2.75, 3.05) is 0 Å². The van der Waals surface area contributed by atoms with Gasteiger partial charge in [0.2, 0.25) is 0 Å². The first-order valence-corrected chi connectivity index (χ1v) is 16.2. The van der Waals surface area contributed by atoms with Crippen LogP contribution < -0.4 is 0 Å². The molecule has 1 aliphatic rings. The lowest BCUT2D eigenvalue weighted by atomic mass is 9.92. The number of fused-ring (bicyclic) bond motifs is 12. The number of rotatable bonds is 2. The van der Waals surface area contributed by atoms with Crippen molar-refractivity contribution >= 4 is 54.6 Å². The van der Waals surface area contributed by atoms with Crippen molar-refractivity contribution in [2.45, 2.75) is 0 Å². The molecule has 0 aliphatic carbocycles. The van der Waals surface area contributed by atoms with Crippen LogP contribution in [0.4, 0.5) is 0 Å². The van der Waals surface area contributed by atoms with Crippen molar-refractivity contribution in [1.29, 1.82) is 0 Å². The molecule has 0 amide bonds. The summed E-state index contributed by atoms with van der Waals surface area (Å²) in [4.78, 5) is 15.1. The Balaban J connectivity index is 1.24. The van der Waals surface area contributed by atoms with Gasteiger partial charge in [-0.2, -0.15) is 0 Å². The normalized spacial score (nSPS) is 12.2. The van der Waals surface area contributed by atoms with Gasteiger partial charge < -0.3 is 4.57 Å². The highest BCUT2D eigenvalue weighted by Gasteiger charge is 2.27. The minimum absolute atomic E-state index is 0.842. The third kappa shape index (κ3) is 3.42. The minimum atomic E-state index is 0.842. The van der Waals surface area contributed by atoms with E-state index in [2.05, 4.69) is 129 Å². The Morgan fingerprint density at radius 2 is 1.15 bits per heavy atom. The predicted octanol–water partition coefficient (Wildman–Crippen LogP) is 10.5. The molecule has 1 aliphatic heterocycles. The molecule has 6 aromatic carbocycles. The predicted molar refractivity (Wildman–Crippen MR) is 196 cm³/mol. The smallest absolute Gasteiger partial charge is 0.165 e. The third-order valence-corrected chi connectivity index (χ3v) is 9.92. The van der Waals surface area contributed by atoms with E-state index in [1.54, 1.807) is 0 Å². The van der Waals surface area contributed by atoms with Gasteiger partial charge in [-0.05, 0) is 77.4 Å². The summed E-state index contributed by atoms with van der Waals surface area (Å²) < 4.78 is 4.67. The Kier molecular flexibility index (Phi) is 5.05. The molecule has 48 heavy (non-hydrogen) atoms. The zero-order valence-corrected chi connectivity index (χ0v) is 25.7. The molecule has 5 heteroatoms. The molecular weight excluding hydrogens is 587 g/mol. The van der Waals surface area contributed by atoms with Crippen molar-refractivity contribution in [2.24, 2.45) is 0 Å². The van der Waals surface area contributed by atoms with Crippen molar-refractivity contribution in [1.82, 2.24) is 24.1 Å². The molecular formula is C43H25N5. The number of pyridine rings is 1. The van der Waals surface area contributed by atoms with Gasteiger partial charge in [-0.3, -0.25) is 9.55 Å². The van der Waals surface area contributed by atoms with Crippen LogP contribution in [0.1, 0.15) is 0 Å². The molecule has 11 rings (SSSR count). The van der Waals surface area contributed by atoms with Crippen molar-refractivity contribution in [3.8, 4) is 45.0 Å². The average molecular weight is 612 g/mol. The highest BCUT2D eigenvalue weighted by molar-refractivity contribution is 6.18. The fourth-order valence-electron chi connectivity index (χ4n) is 7.84. The van der Waals surface area contributed by atoms with Gasteiger partial charge in [0.25, 0.3) is 0 Å². The van der Waals surface area contributed by atoms with E-state index in [1.165, 1.54) is 27.4 Å². The van der Waals surface area contributed by atoms with Gasteiger partial charge in [0.1, 0.15) is 5.69 Å². The van der Waals surface area contributed by atoms with E-state index in [9.17, 15) is 0 Å². The molecule has 0 saturated carbocycles. The van der Waals surface area contributed by atoms with E-state index in [1.807, 2.05) is 36.7 Å². The molecule has 4 aromatic heterocycles. The van der Waals surface area contributed by atoms with Gasteiger partial charge in [0, 0.05) is 50.8 Å². The van der Waals surface area contributed by atoms with Crippen molar-refractivity contribution in [3.63, 3.8) is 0 Å². The summed E-state index contributed by atoms with van der Waals surface area (Å²) in [6.07, 6.45) is 3.86. The summed E-state index contributed by atoms with van der Waals surface area (Å²) >= 11 is 0. The summed E-state index contributed by atoms with van der Waals surface area (Å²) in [5.74, 6) is 0.842. The molecule has 5 heterocycles. The van der Waals surface area contributed by atoms with Crippen LogP contribution in [-0.2, 0) is 0 Å². The second-order valence-corrected chi connectivity index (χ2v) is 12.5. The monoisotopic (exact) mass is 611 g/mol. The van der Waals surface area contributed by atoms with Crippen LogP contribution in [0.15, 0.2) is 152 Å². The molecule has 0 atom stereocenters.